The zero-order chi connectivity index (χ0) is 20.8. The molecule has 4 rings (SSSR count). The molecule has 0 aromatic carbocycles. The van der Waals surface area contributed by atoms with Gasteiger partial charge in [-0.3, -0.25) is 4.79 Å². The van der Waals surface area contributed by atoms with Crippen LogP contribution in [0, 0.1) is 6.92 Å². The van der Waals surface area contributed by atoms with Crippen molar-refractivity contribution < 1.29 is 13.3 Å². The summed E-state index contributed by atoms with van der Waals surface area (Å²) in [5.74, 6) is 0.214. The van der Waals surface area contributed by atoms with E-state index in [2.05, 4.69) is 31.0 Å². The minimum absolute atomic E-state index is 0.0635. The molecule has 0 unspecified atom stereocenters. The molecule has 3 aromatic rings. The van der Waals surface area contributed by atoms with Crippen molar-refractivity contribution in [3.63, 3.8) is 0 Å². The Morgan fingerprint density at radius 1 is 1.42 bits per heavy atom. The molecule has 1 aliphatic rings. The lowest BCUT2D eigenvalue weighted by molar-refractivity contribution is 0.0940. The number of amides is 1. The van der Waals surface area contributed by atoms with Crippen LogP contribution >= 0.6 is 0 Å². The standard InChI is InChI=1S/C17H18FN7O/c1-9-4-3-5-14(21-9)23-15-7-12(19-2)16-20-8-13(25(16)24-15)17(26)22-11-6-10(11)18/h3-5,7-8,10-11,19H,6H2,1-2H3,(H,22,26)(H,21,23,24)/t10-,11+/m0/s1/i2D3. The number of hydrogen-bond acceptors (Lipinski definition) is 6. The van der Waals surface area contributed by atoms with Crippen molar-refractivity contribution >= 4 is 28.9 Å². The van der Waals surface area contributed by atoms with Crippen LogP contribution in [-0.2, 0) is 0 Å². The van der Waals surface area contributed by atoms with E-state index in [9.17, 15) is 9.18 Å². The van der Waals surface area contributed by atoms with E-state index >= 15 is 0 Å². The van der Waals surface area contributed by atoms with Gasteiger partial charge in [0.05, 0.1) is 17.9 Å². The number of halogens is 1. The highest BCUT2D eigenvalue weighted by Gasteiger charge is 2.39. The summed E-state index contributed by atoms with van der Waals surface area (Å²) >= 11 is 0. The molecular formula is C17H18FN7O. The fraction of sp³-hybridized carbons (Fsp3) is 0.294. The van der Waals surface area contributed by atoms with Crippen molar-refractivity contribution in [1.82, 2.24) is 24.9 Å². The van der Waals surface area contributed by atoms with E-state index in [4.69, 9.17) is 4.11 Å². The van der Waals surface area contributed by atoms with Crippen molar-refractivity contribution in [3.05, 3.63) is 41.9 Å². The lowest BCUT2D eigenvalue weighted by Gasteiger charge is -2.10. The largest absolute Gasteiger partial charge is 0.385 e. The van der Waals surface area contributed by atoms with E-state index in [1.807, 2.05) is 19.1 Å². The Hall–Kier alpha value is -3.23. The van der Waals surface area contributed by atoms with E-state index in [1.54, 1.807) is 6.07 Å². The lowest BCUT2D eigenvalue weighted by atomic mass is 10.3. The molecule has 0 bridgehead atoms. The molecule has 3 heterocycles. The summed E-state index contributed by atoms with van der Waals surface area (Å²) < 4.78 is 36.8. The van der Waals surface area contributed by atoms with Crippen LogP contribution in [0.25, 0.3) is 5.65 Å². The molecule has 3 aromatic heterocycles. The van der Waals surface area contributed by atoms with E-state index in [0.29, 0.717) is 5.82 Å². The van der Waals surface area contributed by atoms with Gasteiger partial charge in [-0.1, -0.05) is 6.07 Å². The van der Waals surface area contributed by atoms with Gasteiger partial charge in [-0.25, -0.2) is 18.9 Å². The van der Waals surface area contributed by atoms with Crippen LogP contribution in [0.15, 0.2) is 30.5 Å². The van der Waals surface area contributed by atoms with Crippen molar-refractivity contribution in [2.24, 2.45) is 0 Å². The van der Waals surface area contributed by atoms with Gasteiger partial charge in [-0.05, 0) is 19.1 Å². The van der Waals surface area contributed by atoms with Gasteiger partial charge in [-0.2, -0.15) is 0 Å². The first kappa shape index (κ1) is 13.0. The van der Waals surface area contributed by atoms with Crippen LogP contribution in [0.4, 0.5) is 21.7 Å². The molecule has 0 saturated heterocycles. The van der Waals surface area contributed by atoms with Crippen LogP contribution < -0.4 is 16.0 Å². The second-order valence-corrected chi connectivity index (χ2v) is 6.07. The number of pyridine rings is 1. The molecule has 134 valence electrons. The summed E-state index contributed by atoms with van der Waals surface area (Å²) in [5.41, 5.74) is 1.16. The molecule has 1 amide bonds. The van der Waals surface area contributed by atoms with Gasteiger partial charge in [0.1, 0.15) is 12.0 Å². The Kier molecular flexibility index (Phi) is 3.13. The van der Waals surface area contributed by atoms with Crippen LogP contribution in [-0.4, -0.2) is 44.7 Å². The number of fused-ring (bicyclic) bond motifs is 1. The number of imidazole rings is 1. The van der Waals surface area contributed by atoms with Crippen molar-refractivity contribution in [2.45, 2.75) is 25.6 Å². The average molecular weight is 358 g/mol. The Bertz CT molecular complexity index is 1080. The number of aryl methyl sites for hydroxylation is 1. The maximum atomic E-state index is 13.1. The lowest BCUT2D eigenvalue weighted by Crippen LogP contribution is -2.28. The maximum Gasteiger partial charge on any atom is 0.271 e. The third-order valence-electron chi connectivity index (χ3n) is 4.01. The minimum Gasteiger partial charge on any atom is -0.385 e. The van der Waals surface area contributed by atoms with Crippen molar-refractivity contribution in [3.8, 4) is 0 Å². The van der Waals surface area contributed by atoms with E-state index in [0.717, 1.165) is 5.69 Å². The predicted octanol–water partition coefficient (Wildman–Crippen LogP) is 2.06. The third-order valence-corrected chi connectivity index (χ3v) is 4.01. The number of alkyl halides is 1. The second kappa shape index (κ2) is 6.25. The molecule has 0 radical (unpaired) electrons. The predicted molar refractivity (Wildman–Crippen MR) is 95.6 cm³/mol. The fourth-order valence-corrected chi connectivity index (χ4v) is 2.58. The third kappa shape index (κ3) is 3.03. The van der Waals surface area contributed by atoms with Gasteiger partial charge in [-0.15, -0.1) is 5.10 Å². The molecule has 1 saturated carbocycles. The normalized spacial score (nSPS) is 20.8. The maximum absolute atomic E-state index is 13.1. The van der Waals surface area contributed by atoms with Gasteiger partial charge in [0, 0.05) is 29.3 Å². The van der Waals surface area contributed by atoms with E-state index in [1.165, 1.54) is 16.8 Å². The van der Waals surface area contributed by atoms with Gasteiger partial charge in [0.25, 0.3) is 5.91 Å². The summed E-state index contributed by atoms with van der Waals surface area (Å²) in [5, 5.41) is 12.3. The highest BCUT2D eigenvalue weighted by molar-refractivity contribution is 5.94. The molecule has 1 fully saturated rings. The molecular weight excluding hydrogens is 337 g/mol. The highest BCUT2D eigenvalue weighted by atomic mass is 19.1. The summed E-state index contributed by atoms with van der Waals surface area (Å²) in [7, 11) is 0. The van der Waals surface area contributed by atoms with Gasteiger partial charge in [0.15, 0.2) is 17.2 Å². The smallest absolute Gasteiger partial charge is 0.271 e. The number of hydrogen-bond donors (Lipinski definition) is 3. The minimum atomic E-state index is -2.48. The van der Waals surface area contributed by atoms with Crippen LogP contribution in [0.1, 0.15) is 26.7 Å². The first-order chi connectivity index (χ1) is 13.7. The second-order valence-electron chi connectivity index (χ2n) is 6.07. The fourth-order valence-electron chi connectivity index (χ4n) is 2.58. The van der Waals surface area contributed by atoms with Crippen LogP contribution in [0.5, 0.6) is 0 Å². The number of nitrogens with one attached hydrogen (secondary N) is 3. The van der Waals surface area contributed by atoms with Gasteiger partial charge < -0.3 is 16.0 Å². The number of rotatable bonds is 5. The SMILES string of the molecule is [2H]C([2H])([2H])Nc1cc(Nc2cccc(C)n2)nn2c(C(=O)N[C@@H]3C[C@@H]3F)cnc12. The molecule has 0 spiro atoms. The molecule has 0 aliphatic heterocycles. The number of carbonyl (C=O) groups is 1. The van der Waals surface area contributed by atoms with Crippen molar-refractivity contribution in [2.75, 3.05) is 17.6 Å². The zero-order valence-electron chi connectivity index (χ0n) is 16.8. The molecule has 26 heavy (non-hydrogen) atoms. The van der Waals surface area contributed by atoms with Gasteiger partial charge >= 0.3 is 0 Å². The van der Waals surface area contributed by atoms with Crippen LogP contribution in [0.3, 0.4) is 0 Å². The number of anilines is 3. The van der Waals surface area contributed by atoms with Gasteiger partial charge in [0.2, 0.25) is 0 Å². The summed E-state index contributed by atoms with van der Waals surface area (Å²) in [4.78, 5) is 20.9. The molecule has 9 heteroatoms. The Balaban J connectivity index is 1.74. The Morgan fingerprint density at radius 2 is 2.27 bits per heavy atom. The number of carbonyl (C=O) groups excluding carboxylic acids is 1. The molecule has 3 N–H and O–H groups in total. The monoisotopic (exact) mass is 358 g/mol. The highest BCUT2D eigenvalue weighted by Crippen LogP contribution is 2.26. The van der Waals surface area contributed by atoms with E-state index in [-0.39, 0.29) is 29.3 Å². The molecule has 2 atom stereocenters. The zero-order valence-corrected chi connectivity index (χ0v) is 13.8. The molecule has 1 aliphatic carbocycles. The summed E-state index contributed by atoms with van der Waals surface area (Å²) in [6.07, 6.45) is 0.490. The average Bonchev–Trinajstić information content (AvgIpc) is 3.13. The first-order valence-corrected chi connectivity index (χ1v) is 8.02. The molecule has 8 nitrogen and oxygen atoms in total. The number of aromatic nitrogens is 4. The van der Waals surface area contributed by atoms with Crippen molar-refractivity contribution in [1.29, 1.82) is 0 Å². The number of nitrogens with zero attached hydrogens (tertiary/aromatic N) is 4. The topological polar surface area (TPSA) is 96.2 Å². The summed E-state index contributed by atoms with van der Waals surface area (Å²) in [6, 6.07) is 6.32. The first-order valence-electron chi connectivity index (χ1n) is 9.52. The summed E-state index contributed by atoms with van der Waals surface area (Å²) in [6.45, 7) is -0.651. The van der Waals surface area contributed by atoms with Crippen LogP contribution in [0.2, 0.25) is 0 Å². The quantitative estimate of drug-likeness (QED) is 0.646. The Labute approximate surface area is 153 Å². The Morgan fingerprint density at radius 3 is 3.00 bits per heavy atom. The van der Waals surface area contributed by atoms with E-state index < -0.39 is 25.1 Å².